The summed E-state index contributed by atoms with van der Waals surface area (Å²) in [5, 5.41) is 1.49. The highest BCUT2D eigenvalue weighted by Crippen LogP contribution is 2.39. The largest absolute Gasteiger partial charge is 0.435 e. The quantitative estimate of drug-likeness (QED) is 0.395. The Hall–Kier alpha value is -2.49. The predicted molar refractivity (Wildman–Crippen MR) is 116 cm³/mol. The Bertz CT molecular complexity index is 989. The van der Waals surface area contributed by atoms with Crippen molar-refractivity contribution >= 4 is 10.8 Å². The van der Waals surface area contributed by atoms with Crippen molar-refractivity contribution in [2.24, 2.45) is 5.92 Å². The summed E-state index contributed by atoms with van der Waals surface area (Å²) in [7, 11) is 0. The number of halogens is 3. The van der Waals surface area contributed by atoms with Gasteiger partial charge in [0, 0.05) is 10.9 Å². The van der Waals surface area contributed by atoms with Crippen LogP contribution in [0.5, 0.6) is 5.75 Å². The zero-order valence-corrected chi connectivity index (χ0v) is 17.2. The molecule has 0 aliphatic heterocycles. The van der Waals surface area contributed by atoms with Gasteiger partial charge in [-0.2, -0.15) is 8.78 Å². The van der Waals surface area contributed by atoms with Crippen molar-refractivity contribution < 1.29 is 17.9 Å². The molecule has 4 heteroatoms. The van der Waals surface area contributed by atoms with Crippen LogP contribution >= 0.6 is 0 Å². The lowest BCUT2D eigenvalue weighted by Crippen LogP contribution is -2.13. The first-order valence-corrected chi connectivity index (χ1v) is 10.8. The molecular formula is C26H27F3O. The van der Waals surface area contributed by atoms with E-state index in [9.17, 15) is 8.78 Å². The van der Waals surface area contributed by atoms with Gasteiger partial charge in [-0.3, -0.25) is 0 Å². The summed E-state index contributed by atoms with van der Waals surface area (Å²) in [6.45, 7) is -0.617. The van der Waals surface area contributed by atoms with Gasteiger partial charge >= 0.3 is 6.61 Å². The van der Waals surface area contributed by atoms with Crippen LogP contribution in [0.25, 0.3) is 21.9 Å². The number of alkyl halides is 2. The van der Waals surface area contributed by atoms with Crippen molar-refractivity contribution in [3.63, 3.8) is 0 Å². The van der Waals surface area contributed by atoms with Crippen LogP contribution in [-0.2, 0) is 0 Å². The van der Waals surface area contributed by atoms with Crippen LogP contribution in [0.3, 0.4) is 0 Å². The molecule has 0 spiro atoms. The molecule has 1 fully saturated rings. The Kier molecular flexibility index (Phi) is 6.31. The van der Waals surface area contributed by atoms with Crippen molar-refractivity contribution in [3.8, 4) is 16.9 Å². The fraction of sp³-hybridized carbons (Fsp3) is 0.385. The van der Waals surface area contributed by atoms with Crippen LogP contribution < -0.4 is 4.74 Å². The second-order valence-electron chi connectivity index (χ2n) is 8.32. The molecule has 3 aromatic carbocycles. The number of hydrogen-bond acceptors (Lipinski definition) is 1. The maximum Gasteiger partial charge on any atom is 0.387 e. The fourth-order valence-corrected chi connectivity index (χ4v) is 4.80. The molecule has 0 saturated heterocycles. The molecule has 0 amide bonds. The zero-order valence-electron chi connectivity index (χ0n) is 17.2. The second-order valence-corrected chi connectivity index (χ2v) is 8.32. The molecule has 158 valence electrons. The van der Waals surface area contributed by atoms with Crippen LogP contribution in [0.2, 0.25) is 0 Å². The van der Waals surface area contributed by atoms with E-state index in [1.54, 1.807) is 18.2 Å². The molecule has 3 aromatic rings. The van der Waals surface area contributed by atoms with E-state index in [0.29, 0.717) is 22.4 Å². The number of hydrogen-bond donors (Lipinski definition) is 0. The van der Waals surface area contributed by atoms with E-state index in [1.165, 1.54) is 56.2 Å². The van der Waals surface area contributed by atoms with E-state index >= 15 is 4.39 Å². The van der Waals surface area contributed by atoms with Crippen LogP contribution in [0, 0.1) is 11.7 Å². The summed E-state index contributed by atoms with van der Waals surface area (Å²) in [4.78, 5) is 0. The molecule has 0 radical (unpaired) electrons. The number of benzene rings is 3. The van der Waals surface area contributed by atoms with Gasteiger partial charge < -0.3 is 4.74 Å². The number of ether oxygens (including phenoxy) is 1. The molecule has 0 bridgehead atoms. The minimum Gasteiger partial charge on any atom is -0.435 e. The molecule has 0 aromatic heterocycles. The topological polar surface area (TPSA) is 9.23 Å². The lowest BCUT2D eigenvalue weighted by molar-refractivity contribution is -0.0498. The molecule has 4 rings (SSSR count). The van der Waals surface area contributed by atoms with Crippen molar-refractivity contribution in [1.29, 1.82) is 0 Å². The first kappa shape index (κ1) is 20.8. The van der Waals surface area contributed by atoms with E-state index in [2.05, 4.69) is 23.8 Å². The minimum absolute atomic E-state index is 0.0632. The average molecular weight is 412 g/mol. The first-order chi connectivity index (χ1) is 14.5. The van der Waals surface area contributed by atoms with Crippen LogP contribution in [0.15, 0.2) is 54.6 Å². The second kappa shape index (κ2) is 9.11. The van der Waals surface area contributed by atoms with Gasteiger partial charge in [-0.25, -0.2) is 4.39 Å². The van der Waals surface area contributed by atoms with E-state index in [-0.39, 0.29) is 11.6 Å². The van der Waals surface area contributed by atoms with E-state index in [1.807, 2.05) is 12.1 Å². The molecule has 1 aliphatic rings. The van der Waals surface area contributed by atoms with Crippen molar-refractivity contribution in [3.05, 3.63) is 66.0 Å². The van der Waals surface area contributed by atoms with Gasteiger partial charge in [-0.1, -0.05) is 62.2 Å². The van der Waals surface area contributed by atoms with E-state index in [0.717, 1.165) is 11.3 Å². The zero-order chi connectivity index (χ0) is 21.1. The average Bonchev–Trinajstić information content (AvgIpc) is 2.75. The molecular weight excluding hydrogens is 385 g/mol. The van der Waals surface area contributed by atoms with E-state index < -0.39 is 6.61 Å². The van der Waals surface area contributed by atoms with Gasteiger partial charge in [0.2, 0.25) is 0 Å². The third-order valence-corrected chi connectivity index (χ3v) is 6.38. The molecule has 30 heavy (non-hydrogen) atoms. The van der Waals surface area contributed by atoms with Gasteiger partial charge in [-0.15, -0.1) is 0 Å². The van der Waals surface area contributed by atoms with Crippen molar-refractivity contribution in [1.82, 2.24) is 0 Å². The van der Waals surface area contributed by atoms with E-state index in [4.69, 9.17) is 0 Å². The lowest BCUT2D eigenvalue weighted by atomic mass is 9.77. The third-order valence-electron chi connectivity index (χ3n) is 6.38. The molecule has 1 saturated carbocycles. The number of fused-ring (bicyclic) bond motifs is 1. The highest BCUT2D eigenvalue weighted by molar-refractivity contribution is 5.89. The SMILES string of the molecule is CCC[C@H]1CC[C@H](c2ccc3c(F)c(-c4ccc(OC(F)F)cc4)ccc3c2)CC1. The molecule has 1 aliphatic carbocycles. The number of rotatable bonds is 6. The normalized spacial score (nSPS) is 19.4. The van der Waals surface area contributed by atoms with Crippen molar-refractivity contribution in [2.75, 3.05) is 0 Å². The summed E-state index contributed by atoms with van der Waals surface area (Å²) in [6.07, 6.45) is 7.58. The summed E-state index contributed by atoms with van der Waals surface area (Å²) in [6, 6.07) is 15.9. The highest BCUT2D eigenvalue weighted by Gasteiger charge is 2.22. The van der Waals surface area contributed by atoms with Gasteiger partial charge in [-0.05, 0) is 66.2 Å². The highest BCUT2D eigenvalue weighted by atomic mass is 19.3. The van der Waals surface area contributed by atoms with Crippen LogP contribution in [-0.4, -0.2) is 6.61 Å². The maximum absolute atomic E-state index is 15.2. The predicted octanol–water partition coefficient (Wildman–Crippen LogP) is 8.32. The van der Waals surface area contributed by atoms with Crippen molar-refractivity contribution in [2.45, 2.75) is 58.0 Å². The Morgan fingerprint density at radius 1 is 0.933 bits per heavy atom. The maximum atomic E-state index is 15.2. The van der Waals surface area contributed by atoms with Gasteiger partial charge in [0.1, 0.15) is 11.6 Å². The molecule has 0 N–H and O–H groups in total. The Balaban J connectivity index is 1.56. The molecule has 0 heterocycles. The Morgan fingerprint density at radius 3 is 2.33 bits per heavy atom. The third kappa shape index (κ3) is 4.48. The standard InChI is InChI=1S/C26H27F3O/c1-2-3-17-4-6-18(7-5-17)20-10-14-24-21(16-20)11-15-23(25(24)27)19-8-12-22(13-9-19)30-26(28)29/h8-18,26H,2-7H2,1H3/t17-,18-. The lowest BCUT2D eigenvalue weighted by Gasteiger charge is -2.28. The first-order valence-electron chi connectivity index (χ1n) is 10.8. The van der Waals surface area contributed by atoms with Gasteiger partial charge in [0.25, 0.3) is 0 Å². The molecule has 1 nitrogen and oxygen atoms in total. The van der Waals surface area contributed by atoms with Gasteiger partial charge in [0.05, 0.1) is 0 Å². The summed E-state index contributed by atoms with van der Waals surface area (Å²) >= 11 is 0. The minimum atomic E-state index is -2.87. The Morgan fingerprint density at radius 2 is 1.67 bits per heavy atom. The fourth-order valence-electron chi connectivity index (χ4n) is 4.80. The summed E-state index contributed by atoms with van der Waals surface area (Å²) in [5.41, 5.74) is 2.39. The monoisotopic (exact) mass is 412 g/mol. The van der Waals surface area contributed by atoms with Gasteiger partial charge in [0.15, 0.2) is 0 Å². The van der Waals surface area contributed by atoms with Crippen LogP contribution in [0.1, 0.15) is 56.9 Å². The van der Waals surface area contributed by atoms with Crippen LogP contribution in [0.4, 0.5) is 13.2 Å². The smallest absolute Gasteiger partial charge is 0.387 e. The molecule has 0 unspecified atom stereocenters. The Labute approximate surface area is 175 Å². The summed E-state index contributed by atoms with van der Waals surface area (Å²) < 4.78 is 44.2. The molecule has 0 atom stereocenters. The summed E-state index contributed by atoms with van der Waals surface area (Å²) in [5.74, 6) is 1.21.